The Balaban J connectivity index is 2.13. The lowest BCUT2D eigenvalue weighted by Gasteiger charge is -2.19. The second-order valence-electron chi connectivity index (χ2n) is 6.42. The molecule has 0 bridgehead atoms. The largest absolute Gasteiger partial charge is 0.360 e. The smallest absolute Gasteiger partial charge is 0.246 e. The van der Waals surface area contributed by atoms with Crippen molar-refractivity contribution < 1.29 is 12.9 Å². The Morgan fingerprint density at radius 1 is 1.14 bits per heavy atom. The number of benzene rings is 1. The molecule has 0 saturated heterocycles. The van der Waals surface area contributed by atoms with Crippen molar-refractivity contribution in [2.75, 3.05) is 0 Å². The Bertz CT molecular complexity index is 734. The van der Waals surface area contributed by atoms with E-state index in [0.29, 0.717) is 11.5 Å². The van der Waals surface area contributed by atoms with E-state index in [4.69, 9.17) is 4.52 Å². The van der Waals surface area contributed by atoms with Crippen LogP contribution in [-0.4, -0.2) is 13.6 Å². The first-order valence-corrected chi connectivity index (χ1v) is 8.61. The molecule has 0 radical (unpaired) electrons. The maximum Gasteiger partial charge on any atom is 0.246 e. The molecular formula is C16H22N2O3S. The fourth-order valence-corrected chi connectivity index (χ4v) is 3.57. The lowest BCUT2D eigenvalue weighted by Crippen LogP contribution is -2.24. The molecule has 22 heavy (non-hydrogen) atoms. The normalized spacial score (nSPS) is 12.6. The number of aryl methyl sites for hydroxylation is 2. The van der Waals surface area contributed by atoms with Crippen LogP contribution in [0.5, 0.6) is 0 Å². The van der Waals surface area contributed by atoms with Crippen molar-refractivity contribution in [3.63, 3.8) is 0 Å². The molecular weight excluding hydrogens is 300 g/mol. The summed E-state index contributed by atoms with van der Waals surface area (Å²) in [6.45, 7) is 9.86. The van der Waals surface area contributed by atoms with Gasteiger partial charge >= 0.3 is 0 Å². The first kappa shape index (κ1) is 16.7. The summed E-state index contributed by atoms with van der Waals surface area (Å²) in [4.78, 5) is 0.124. The number of hydrogen-bond donors (Lipinski definition) is 1. The zero-order valence-electron chi connectivity index (χ0n) is 13.6. The van der Waals surface area contributed by atoms with Gasteiger partial charge in [-0.25, -0.2) is 13.1 Å². The van der Waals surface area contributed by atoms with Crippen LogP contribution in [0, 0.1) is 13.8 Å². The van der Waals surface area contributed by atoms with E-state index in [0.717, 1.165) is 5.56 Å². The fraction of sp³-hybridized carbons (Fsp3) is 0.438. The first-order chi connectivity index (χ1) is 10.1. The first-order valence-electron chi connectivity index (χ1n) is 7.13. The number of nitrogens with zero attached hydrogens (tertiary/aromatic N) is 1. The van der Waals surface area contributed by atoms with Gasteiger partial charge in [0.25, 0.3) is 0 Å². The molecule has 0 fully saturated rings. The number of rotatable bonds is 4. The minimum absolute atomic E-state index is 0.0781. The van der Waals surface area contributed by atoms with Crippen molar-refractivity contribution in [1.29, 1.82) is 0 Å². The van der Waals surface area contributed by atoms with Crippen LogP contribution in [0.4, 0.5) is 0 Å². The Kier molecular flexibility index (Phi) is 4.44. The highest BCUT2D eigenvalue weighted by atomic mass is 32.2. The molecule has 0 unspecified atom stereocenters. The minimum atomic E-state index is -3.62. The van der Waals surface area contributed by atoms with Gasteiger partial charge in [0.2, 0.25) is 10.0 Å². The third-order valence-electron chi connectivity index (χ3n) is 3.52. The van der Waals surface area contributed by atoms with Gasteiger partial charge in [-0.05, 0) is 30.4 Å². The number of hydrogen-bond acceptors (Lipinski definition) is 4. The molecule has 2 rings (SSSR count). The number of sulfonamides is 1. The molecule has 120 valence electrons. The second-order valence-corrected chi connectivity index (χ2v) is 8.13. The topological polar surface area (TPSA) is 72.2 Å². The lowest BCUT2D eigenvalue weighted by atomic mass is 9.87. The molecule has 6 heteroatoms. The molecule has 5 nitrogen and oxygen atoms in total. The van der Waals surface area contributed by atoms with E-state index >= 15 is 0 Å². The molecule has 1 aromatic carbocycles. The average Bonchev–Trinajstić information content (AvgIpc) is 2.76. The fourth-order valence-electron chi connectivity index (χ4n) is 2.23. The molecule has 0 aliphatic heterocycles. The predicted molar refractivity (Wildman–Crippen MR) is 85.1 cm³/mol. The van der Waals surface area contributed by atoms with Gasteiger partial charge in [0.05, 0.1) is 0 Å². The second kappa shape index (κ2) is 5.85. The van der Waals surface area contributed by atoms with Crippen molar-refractivity contribution in [2.24, 2.45) is 0 Å². The highest BCUT2D eigenvalue weighted by Crippen LogP contribution is 2.23. The van der Waals surface area contributed by atoms with E-state index in [1.807, 2.05) is 24.3 Å². The van der Waals surface area contributed by atoms with Crippen molar-refractivity contribution in [1.82, 2.24) is 9.88 Å². The standard InChI is InChI=1S/C16H22N2O3S/c1-11-15(12(2)21-18-11)22(19,20)17-10-13-6-8-14(9-7-13)16(3,4)5/h6-9,17H,10H2,1-5H3. The van der Waals surface area contributed by atoms with Crippen molar-refractivity contribution in [2.45, 2.75) is 51.5 Å². The van der Waals surface area contributed by atoms with E-state index in [2.05, 4.69) is 30.6 Å². The average molecular weight is 322 g/mol. The quantitative estimate of drug-likeness (QED) is 0.939. The summed E-state index contributed by atoms with van der Waals surface area (Å²) in [6, 6.07) is 7.94. The number of nitrogens with one attached hydrogen (secondary N) is 1. The van der Waals surface area contributed by atoms with Crippen molar-refractivity contribution in [3.05, 3.63) is 46.8 Å². The van der Waals surface area contributed by atoms with Crippen LogP contribution >= 0.6 is 0 Å². The van der Waals surface area contributed by atoms with Crippen molar-refractivity contribution >= 4 is 10.0 Å². The molecule has 0 saturated carbocycles. The molecule has 2 aromatic rings. The Morgan fingerprint density at radius 2 is 1.73 bits per heavy atom. The molecule has 0 aliphatic rings. The van der Waals surface area contributed by atoms with Crippen LogP contribution in [-0.2, 0) is 22.0 Å². The van der Waals surface area contributed by atoms with E-state index in [1.165, 1.54) is 5.56 Å². The lowest BCUT2D eigenvalue weighted by molar-refractivity contribution is 0.390. The maximum atomic E-state index is 12.3. The highest BCUT2D eigenvalue weighted by Gasteiger charge is 2.23. The van der Waals surface area contributed by atoms with Gasteiger partial charge in [-0.1, -0.05) is 50.2 Å². The van der Waals surface area contributed by atoms with Gasteiger partial charge in [-0.2, -0.15) is 0 Å². The molecule has 1 N–H and O–H groups in total. The third-order valence-corrected chi connectivity index (χ3v) is 5.17. The molecule has 1 heterocycles. The van der Waals surface area contributed by atoms with Gasteiger partial charge in [-0.15, -0.1) is 0 Å². The SMILES string of the molecule is Cc1noc(C)c1S(=O)(=O)NCc1ccc(C(C)(C)C)cc1. The van der Waals surface area contributed by atoms with Gasteiger partial charge in [0.1, 0.15) is 10.6 Å². The van der Waals surface area contributed by atoms with Crippen LogP contribution in [0.2, 0.25) is 0 Å². The third kappa shape index (κ3) is 3.56. The van der Waals surface area contributed by atoms with Crippen LogP contribution < -0.4 is 4.72 Å². The zero-order valence-corrected chi connectivity index (χ0v) is 14.4. The summed E-state index contributed by atoms with van der Waals surface area (Å²) in [6.07, 6.45) is 0. The zero-order chi connectivity index (χ0) is 16.5. The van der Waals surface area contributed by atoms with Crippen LogP contribution in [0.1, 0.15) is 43.4 Å². The summed E-state index contributed by atoms with van der Waals surface area (Å²) in [5.74, 6) is 0.299. The Hall–Kier alpha value is -1.66. The predicted octanol–water partition coefficient (Wildman–Crippen LogP) is 3.07. The van der Waals surface area contributed by atoms with E-state index < -0.39 is 10.0 Å². The van der Waals surface area contributed by atoms with Crippen molar-refractivity contribution in [3.8, 4) is 0 Å². The Morgan fingerprint density at radius 3 is 2.18 bits per heavy atom. The summed E-state index contributed by atoms with van der Waals surface area (Å²) in [5.41, 5.74) is 2.57. The highest BCUT2D eigenvalue weighted by molar-refractivity contribution is 7.89. The summed E-state index contributed by atoms with van der Waals surface area (Å²) in [5, 5.41) is 3.68. The maximum absolute atomic E-state index is 12.3. The van der Waals surface area contributed by atoms with Crippen LogP contribution in [0.15, 0.2) is 33.7 Å². The van der Waals surface area contributed by atoms with Crippen LogP contribution in [0.3, 0.4) is 0 Å². The molecule has 0 atom stereocenters. The molecule has 0 spiro atoms. The van der Waals surface area contributed by atoms with E-state index in [-0.39, 0.29) is 16.9 Å². The van der Waals surface area contributed by atoms with Gasteiger partial charge in [0.15, 0.2) is 5.76 Å². The summed E-state index contributed by atoms with van der Waals surface area (Å²) in [7, 11) is -3.62. The van der Waals surface area contributed by atoms with E-state index in [9.17, 15) is 8.42 Å². The monoisotopic (exact) mass is 322 g/mol. The Labute approximate surface area is 131 Å². The van der Waals surface area contributed by atoms with Gasteiger partial charge in [0, 0.05) is 6.54 Å². The molecule has 1 aromatic heterocycles. The minimum Gasteiger partial charge on any atom is -0.360 e. The van der Waals surface area contributed by atoms with E-state index in [1.54, 1.807) is 13.8 Å². The molecule has 0 amide bonds. The van der Waals surface area contributed by atoms with Crippen LogP contribution in [0.25, 0.3) is 0 Å². The number of aromatic nitrogens is 1. The summed E-state index contributed by atoms with van der Waals surface area (Å²) < 4.78 is 32.2. The van der Waals surface area contributed by atoms with Gasteiger partial charge < -0.3 is 4.52 Å². The molecule has 0 aliphatic carbocycles. The van der Waals surface area contributed by atoms with Gasteiger partial charge in [-0.3, -0.25) is 0 Å². The summed E-state index contributed by atoms with van der Waals surface area (Å²) >= 11 is 0.